The normalized spacial score (nSPS) is 15.2. The maximum atomic E-state index is 13.1. The number of aliphatic hydroxyl groups is 3. The van der Waals surface area contributed by atoms with Crippen LogP contribution in [0.1, 0.15) is 11.7 Å². The highest BCUT2D eigenvalue weighted by Gasteiger charge is 2.20. The van der Waals surface area contributed by atoms with Gasteiger partial charge in [-0.1, -0.05) is 15.9 Å². The number of hydrogen-bond acceptors (Lipinski definition) is 3. The van der Waals surface area contributed by atoms with Gasteiger partial charge in [0.1, 0.15) is 18.0 Å². The average Bonchev–Trinajstić information content (AvgIpc) is 2.19. The molecule has 1 aromatic carbocycles. The van der Waals surface area contributed by atoms with E-state index in [-0.39, 0.29) is 5.56 Å². The van der Waals surface area contributed by atoms with Crippen molar-refractivity contribution in [2.45, 2.75) is 12.2 Å². The maximum absolute atomic E-state index is 13.1. The zero-order chi connectivity index (χ0) is 10.7. The lowest BCUT2D eigenvalue weighted by atomic mass is 10.0. The summed E-state index contributed by atoms with van der Waals surface area (Å²) in [6.07, 6.45) is -2.80. The van der Waals surface area contributed by atoms with Gasteiger partial charge in [-0.05, 0) is 18.2 Å². The van der Waals surface area contributed by atoms with Crippen LogP contribution in [0, 0.1) is 5.82 Å². The SMILES string of the molecule is OCC(O)C(O)c1cc(Br)ccc1F. The smallest absolute Gasteiger partial charge is 0.129 e. The van der Waals surface area contributed by atoms with Crippen molar-refractivity contribution < 1.29 is 19.7 Å². The van der Waals surface area contributed by atoms with Gasteiger partial charge in [0.05, 0.1) is 6.61 Å². The molecular weight excluding hydrogens is 255 g/mol. The quantitative estimate of drug-likeness (QED) is 0.763. The molecule has 78 valence electrons. The van der Waals surface area contributed by atoms with E-state index in [2.05, 4.69) is 15.9 Å². The van der Waals surface area contributed by atoms with Gasteiger partial charge in [0.25, 0.3) is 0 Å². The second-order valence-corrected chi connectivity index (χ2v) is 3.78. The van der Waals surface area contributed by atoms with Gasteiger partial charge in [-0.3, -0.25) is 0 Å². The lowest BCUT2D eigenvalue weighted by molar-refractivity contribution is -0.0168. The molecule has 14 heavy (non-hydrogen) atoms. The molecule has 0 saturated carbocycles. The molecule has 0 aliphatic rings. The number of halogens is 2. The molecule has 0 spiro atoms. The Morgan fingerprint density at radius 3 is 2.57 bits per heavy atom. The second-order valence-electron chi connectivity index (χ2n) is 2.86. The van der Waals surface area contributed by atoms with Gasteiger partial charge < -0.3 is 15.3 Å². The molecule has 0 aromatic heterocycles. The van der Waals surface area contributed by atoms with E-state index in [1.54, 1.807) is 0 Å². The Kier molecular flexibility index (Phi) is 4.00. The van der Waals surface area contributed by atoms with Crippen LogP contribution < -0.4 is 0 Å². The van der Waals surface area contributed by atoms with Crippen molar-refractivity contribution in [2.75, 3.05) is 6.61 Å². The Morgan fingerprint density at radius 1 is 1.36 bits per heavy atom. The minimum absolute atomic E-state index is 0.0408. The summed E-state index contributed by atoms with van der Waals surface area (Å²) < 4.78 is 13.7. The molecule has 0 aliphatic carbocycles. The zero-order valence-corrected chi connectivity index (χ0v) is 8.78. The number of benzene rings is 1. The third-order valence-electron chi connectivity index (χ3n) is 1.83. The summed E-state index contributed by atoms with van der Waals surface area (Å²) in [5.41, 5.74) is -0.0408. The summed E-state index contributed by atoms with van der Waals surface area (Å²) in [5.74, 6) is -0.617. The highest BCUT2D eigenvalue weighted by Crippen LogP contribution is 2.23. The lowest BCUT2D eigenvalue weighted by Crippen LogP contribution is -2.22. The van der Waals surface area contributed by atoms with E-state index in [0.29, 0.717) is 4.47 Å². The molecule has 0 bridgehead atoms. The molecule has 0 heterocycles. The van der Waals surface area contributed by atoms with Crippen LogP contribution >= 0.6 is 15.9 Å². The Morgan fingerprint density at radius 2 is 2.00 bits per heavy atom. The van der Waals surface area contributed by atoms with E-state index >= 15 is 0 Å². The van der Waals surface area contributed by atoms with Gasteiger partial charge in [0, 0.05) is 10.0 Å². The molecule has 3 N–H and O–H groups in total. The van der Waals surface area contributed by atoms with Crippen LogP contribution in [-0.4, -0.2) is 28.0 Å². The first-order chi connectivity index (χ1) is 6.56. The van der Waals surface area contributed by atoms with Gasteiger partial charge in [-0.2, -0.15) is 0 Å². The topological polar surface area (TPSA) is 60.7 Å². The summed E-state index contributed by atoms with van der Waals surface area (Å²) >= 11 is 3.11. The Hall–Kier alpha value is -0.490. The number of rotatable bonds is 3. The summed E-state index contributed by atoms with van der Waals surface area (Å²) in [5, 5.41) is 27.1. The van der Waals surface area contributed by atoms with Crippen molar-refractivity contribution in [3.05, 3.63) is 34.1 Å². The van der Waals surface area contributed by atoms with Crippen LogP contribution in [-0.2, 0) is 0 Å². The van der Waals surface area contributed by atoms with Crippen LogP contribution in [0.2, 0.25) is 0 Å². The van der Waals surface area contributed by atoms with Crippen LogP contribution in [0.3, 0.4) is 0 Å². The molecule has 1 aromatic rings. The summed E-state index contributed by atoms with van der Waals surface area (Å²) in [6.45, 7) is -0.618. The predicted octanol–water partition coefficient (Wildman–Crippen LogP) is 0.975. The minimum Gasteiger partial charge on any atom is -0.394 e. The highest BCUT2D eigenvalue weighted by atomic mass is 79.9. The fraction of sp³-hybridized carbons (Fsp3) is 0.333. The monoisotopic (exact) mass is 264 g/mol. The van der Waals surface area contributed by atoms with Gasteiger partial charge in [-0.15, -0.1) is 0 Å². The van der Waals surface area contributed by atoms with Crippen LogP contribution in [0.4, 0.5) is 4.39 Å². The maximum Gasteiger partial charge on any atom is 0.129 e. The van der Waals surface area contributed by atoms with Crippen molar-refractivity contribution in [1.29, 1.82) is 0 Å². The molecule has 0 aliphatic heterocycles. The average molecular weight is 265 g/mol. The van der Waals surface area contributed by atoms with Crippen molar-refractivity contribution in [1.82, 2.24) is 0 Å². The van der Waals surface area contributed by atoms with Crippen molar-refractivity contribution >= 4 is 15.9 Å². The third-order valence-corrected chi connectivity index (χ3v) is 2.32. The first kappa shape index (κ1) is 11.6. The minimum atomic E-state index is -1.42. The second kappa shape index (κ2) is 4.84. The Bertz CT molecular complexity index is 319. The Balaban J connectivity index is 2.99. The van der Waals surface area contributed by atoms with Gasteiger partial charge >= 0.3 is 0 Å². The van der Waals surface area contributed by atoms with Gasteiger partial charge in [-0.25, -0.2) is 4.39 Å². The van der Waals surface area contributed by atoms with E-state index in [9.17, 15) is 9.50 Å². The van der Waals surface area contributed by atoms with Crippen molar-refractivity contribution in [3.8, 4) is 0 Å². The van der Waals surface area contributed by atoms with Gasteiger partial charge in [0.15, 0.2) is 0 Å². The van der Waals surface area contributed by atoms with E-state index in [4.69, 9.17) is 10.2 Å². The van der Waals surface area contributed by atoms with E-state index in [1.165, 1.54) is 18.2 Å². The van der Waals surface area contributed by atoms with Gasteiger partial charge in [0.2, 0.25) is 0 Å². The van der Waals surface area contributed by atoms with E-state index in [1.807, 2.05) is 0 Å². The molecule has 1 rings (SSSR count). The standard InChI is InChI=1S/C9H10BrFO3/c10-5-1-2-7(11)6(3-5)9(14)8(13)4-12/h1-3,8-9,12-14H,4H2. The van der Waals surface area contributed by atoms with Crippen molar-refractivity contribution in [2.24, 2.45) is 0 Å². The molecule has 5 heteroatoms. The fourth-order valence-corrected chi connectivity index (χ4v) is 1.43. The Labute approximate surface area is 88.9 Å². The third kappa shape index (κ3) is 2.51. The summed E-state index contributed by atoms with van der Waals surface area (Å²) in [4.78, 5) is 0. The van der Waals surface area contributed by atoms with Crippen LogP contribution in [0.15, 0.2) is 22.7 Å². The van der Waals surface area contributed by atoms with Crippen molar-refractivity contribution in [3.63, 3.8) is 0 Å². The molecule has 0 amide bonds. The van der Waals surface area contributed by atoms with E-state index in [0.717, 1.165) is 0 Å². The lowest BCUT2D eigenvalue weighted by Gasteiger charge is -2.16. The molecular formula is C9H10BrFO3. The first-order valence-electron chi connectivity index (χ1n) is 3.98. The first-order valence-corrected chi connectivity index (χ1v) is 4.77. The fourth-order valence-electron chi connectivity index (χ4n) is 1.05. The van der Waals surface area contributed by atoms with E-state index < -0.39 is 24.6 Å². The largest absolute Gasteiger partial charge is 0.394 e. The van der Waals surface area contributed by atoms with Crippen LogP contribution in [0.25, 0.3) is 0 Å². The zero-order valence-electron chi connectivity index (χ0n) is 7.19. The van der Waals surface area contributed by atoms with Crippen LogP contribution in [0.5, 0.6) is 0 Å². The molecule has 0 fully saturated rings. The number of hydrogen-bond donors (Lipinski definition) is 3. The molecule has 3 nitrogen and oxygen atoms in total. The number of aliphatic hydroxyl groups excluding tert-OH is 3. The summed E-state index contributed by atoms with van der Waals surface area (Å²) in [7, 11) is 0. The summed E-state index contributed by atoms with van der Waals surface area (Å²) in [6, 6.07) is 4.02. The molecule has 2 unspecified atom stereocenters. The predicted molar refractivity (Wildman–Crippen MR) is 52.2 cm³/mol. The molecule has 2 atom stereocenters. The molecule has 0 radical (unpaired) electrons. The highest BCUT2D eigenvalue weighted by molar-refractivity contribution is 9.10. The molecule has 0 saturated heterocycles.